The Morgan fingerprint density at radius 3 is 2.25 bits per heavy atom. The third-order valence-corrected chi connectivity index (χ3v) is 1.29. The van der Waals surface area contributed by atoms with Crippen molar-refractivity contribution >= 4 is 26.0 Å². The summed E-state index contributed by atoms with van der Waals surface area (Å²) in [6, 6.07) is 0. The van der Waals surface area contributed by atoms with Crippen LogP contribution in [0.4, 0.5) is 0 Å². The summed E-state index contributed by atoms with van der Waals surface area (Å²) < 4.78 is 24.6. The second-order valence-corrected chi connectivity index (χ2v) is 3.65. The molecule has 0 aromatic rings. The third-order valence-electron chi connectivity index (χ3n) is 0.375. The molecule has 0 radical (unpaired) electrons. The Morgan fingerprint density at radius 1 is 1.62 bits per heavy atom. The summed E-state index contributed by atoms with van der Waals surface area (Å²) in [5.41, 5.74) is 0. The van der Waals surface area contributed by atoms with Crippen molar-refractivity contribution in [1.29, 1.82) is 0 Å². The Morgan fingerprint density at radius 2 is 2.12 bits per heavy atom. The molecular formula is C3H7BrO3S. The second-order valence-electron chi connectivity index (χ2n) is 1.22. The molecule has 0 aromatic heterocycles. The van der Waals surface area contributed by atoms with Crippen LogP contribution in [0, 0.1) is 0 Å². The lowest BCUT2D eigenvalue weighted by molar-refractivity contribution is 0.346. The molecule has 0 fully saturated rings. The number of alkyl halides is 1. The van der Waals surface area contributed by atoms with Gasteiger partial charge in [-0.1, -0.05) is 15.9 Å². The van der Waals surface area contributed by atoms with Crippen molar-refractivity contribution in [1.82, 2.24) is 0 Å². The van der Waals surface area contributed by atoms with Gasteiger partial charge in [0, 0.05) is 5.33 Å². The van der Waals surface area contributed by atoms with Gasteiger partial charge in [-0.05, 0) is 0 Å². The summed E-state index contributed by atoms with van der Waals surface area (Å²) in [7, 11) is -3.22. The SMILES string of the molecule is CS(=O)(=O)OCCBr. The molecule has 3 nitrogen and oxygen atoms in total. The Balaban J connectivity index is 3.42. The zero-order valence-electron chi connectivity index (χ0n) is 4.43. The van der Waals surface area contributed by atoms with Crippen molar-refractivity contribution in [2.24, 2.45) is 0 Å². The monoisotopic (exact) mass is 202 g/mol. The van der Waals surface area contributed by atoms with Crippen molar-refractivity contribution < 1.29 is 12.6 Å². The molecular weight excluding hydrogens is 196 g/mol. The highest BCUT2D eigenvalue weighted by Gasteiger charge is 1.97. The average Bonchev–Trinajstić information content (AvgIpc) is 1.59. The summed E-state index contributed by atoms with van der Waals surface area (Å²) in [5.74, 6) is 0. The van der Waals surface area contributed by atoms with Gasteiger partial charge in [0.15, 0.2) is 0 Å². The van der Waals surface area contributed by atoms with Crippen molar-refractivity contribution in [3.05, 3.63) is 0 Å². The Kier molecular flexibility index (Phi) is 3.59. The van der Waals surface area contributed by atoms with Gasteiger partial charge in [0.25, 0.3) is 10.1 Å². The fourth-order valence-electron chi connectivity index (χ4n) is 0.183. The first-order valence-corrected chi connectivity index (χ1v) is 4.90. The van der Waals surface area contributed by atoms with E-state index >= 15 is 0 Å². The topological polar surface area (TPSA) is 43.4 Å². The zero-order chi connectivity index (χ0) is 6.62. The van der Waals surface area contributed by atoms with Gasteiger partial charge in [-0.15, -0.1) is 0 Å². The van der Waals surface area contributed by atoms with Crippen molar-refractivity contribution in [3.63, 3.8) is 0 Å². The fourth-order valence-corrected chi connectivity index (χ4v) is 0.945. The number of hydrogen-bond acceptors (Lipinski definition) is 3. The van der Waals surface area contributed by atoms with Crippen molar-refractivity contribution in [2.75, 3.05) is 18.2 Å². The highest BCUT2D eigenvalue weighted by Crippen LogP contribution is 1.87. The molecule has 50 valence electrons. The summed E-state index contributed by atoms with van der Waals surface area (Å²) in [6.07, 6.45) is 1.02. The van der Waals surface area contributed by atoms with Crippen LogP contribution < -0.4 is 0 Å². The van der Waals surface area contributed by atoms with E-state index < -0.39 is 10.1 Å². The average molecular weight is 203 g/mol. The maximum Gasteiger partial charge on any atom is 0.264 e. The van der Waals surface area contributed by atoms with Crippen LogP contribution in [-0.2, 0) is 14.3 Å². The smallest absolute Gasteiger partial charge is 0.264 e. The van der Waals surface area contributed by atoms with Gasteiger partial charge in [-0.25, -0.2) is 0 Å². The molecule has 0 saturated heterocycles. The maximum atomic E-state index is 10.1. The largest absolute Gasteiger partial charge is 0.269 e. The molecule has 0 spiro atoms. The highest BCUT2D eigenvalue weighted by molar-refractivity contribution is 9.09. The summed E-state index contributed by atoms with van der Waals surface area (Å²) in [6.45, 7) is 0.207. The zero-order valence-corrected chi connectivity index (χ0v) is 6.83. The number of halogens is 1. The lowest BCUT2D eigenvalue weighted by atomic mass is 10.9. The molecule has 0 heterocycles. The molecule has 0 saturated carbocycles. The molecule has 0 aliphatic carbocycles. The molecule has 0 amide bonds. The van der Waals surface area contributed by atoms with Gasteiger partial charge in [-0.2, -0.15) is 8.42 Å². The minimum absolute atomic E-state index is 0.207. The molecule has 5 heteroatoms. The van der Waals surface area contributed by atoms with E-state index in [0.29, 0.717) is 5.33 Å². The van der Waals surface area contributed by atoms with Gasteiger partial charge in [0.05, 0.1) is 12.9 Å². The summed E-state index contributed by atoms with van der Waals surface area (Å²) in [4.78, 5) is 0. The number of hydrogen-bond donors (Lipinski definition) is 0. The van der Waals surface area contributed by atoms with Crippen LogP contribution in [0.15, 0.2) is 0 Å². The van der Waals surface area contributed by atoms with Crippen LogP contribution >= 0.6 is 15.9 Å². The number of rotatable bonds is 3. The third kappa shape index (κ3) is 6.39. The normalized spacial score (nSPS) is 11.8. The maximum absolute atomic E-state index is 10.1. The Labute approximate surface area is 57.3 Å². The predicted molar refractivity (Wildman–Crippen MR) is 34.6 cm³/mol. The first-order valence-electron chi connectivity index (χ1n) is 1.96. The molecule has 0 atom stereocenters. The van der Waals surface area contributed by atoms with E-state index in [4.69, 9.17) is 0 Å². The van der Waals surface area contributed by atoms with E-state index in [1.807, 2.05) is 0 Å². The van der Waals surface area contributed by atoms with Crippen LogP contribution in [-0.4, -0.2) is 26.6 Å². The first-order chi connectivity index (χ1) is 3.56. The minimum atomic E-state index is -3.22. The minimum Gasteiger partial charge on any atom is -0.269 e. The van der Waals surface area contributed by atoms with Crippen LogP contribution in [0.3, 0.4) is 0 Å². The predicted octanol–water partition coefficient (Wildman–Crippen LogP) is 0.358. The van der Waals surface area contributed by atoms with Gasteiger partial charge < -0.3 is 0 Å². The molecule has 0 N–H and O–H groups in total. The standard InChI is InChI=1S/C3H7BrO3S/c1-8(5,6)7-3-2-4/h2-3H2,1H3. The van der Waals surface area contributed by atoms with Crippen LogP contribution in [0.2, 0.25) is 0 Å². The van der Waals surface area contributed by atoms with E-state index in [0.717, 1.165) is 6.26 Å². The van der Waals surface area contributed by atoms with E-state index in [9.17, 15) is 8.42 Å². The molecule has 0 aromatic carbocycles. The molecule has 0 aliphatic rings. The van der Waals surface area contributed by atoms with Crippen LogP contribution in [0.25, 0.3) is 0 Å². The first kappa shape index (κ1) is 8.39. The van der Waals surface area contributed by atoms with Crippen LogP contribution in [0.1, 0.15) is 0 Å². The van der Waals surface area contributed by atoms with Crippen molar-refractivity contribution in [2.45, 2.75) is 0 Å². The van der Waals surface area contributed by atoms with E-state index in [1.165, 1.54) is 0 Å². The molecule has 0 unspecified atom stereocenters. The van der Waals surface area contributed by atoms with Gasteiger partial charge in [0.2, 0.25) is 0 Å². The Bertz CT molecular complexity index is 139. The van der Waals surface area contributed by atoms with E-state index in [2.05, 4.69) is 20.1 Å². The lowest BCUT2D eigenvalue weighted by Gasteiger charge is -1.93. The van der Waals surface area contributed by atoms with Crippen LogP contribution in [0.5, 0.6) is 0 Å². The molecule has 0 aliphatic heterocycles. The second kappa shape index (κ2) is 3.42. The fraction of sp³-hybridized carbons (Fsp3) is 1.00. The lowest BCUT2D eigenvalue weighted by Crippen LogP contribution is -2.04. The quantitative estimate of drug-likeness (QED) is 0.491. The summed E-state index contributed by atoms with van der Waals surface area (Å²) in [5, 5.41) is 0.542. The molecule has 0 rings (SSSR count). The van der Waals surface area contributed by atoms with E-state index in [-0.39, 0.29) is 6.61 Å². The molecule has 8 heavy (non-hydrogen) atoms. The van der Waals surface area contributed by atoms with Gasteiger partial charge >= 0.3 is 0 Å². The van der Waals surface area contributed by atoms with Gasteiger partial charge in [0.1, 0.15) is 0 Å². The molecule has 0 bridgehead atoms. The summed E-state index contributed by atoms with van der Waals surface area (Å²) >= 11 is 3.01. The van der Waals surface area contributed by atoms with E-state index in [1.54, 1.807) is 0 Å². The highest BCUT2D eigenvalue weighted by atomic mass is 79.9. The van der Waals surface area contributed by atoms with Gasteiger partial charge in [-0.3, -0.25) is 4.18 Å². The Hall–Kier alpha value is 0.390. The van der Waals surface area contributed by atoms with Crippen molar-refractivity contribution in [3.8, 4) is 0 Å².